The molecule has 1 heterocycles. The SMILES string of the molecule is CCOC(=O)c1c(N)c(-c2ccccc2)n(C)c1-c1ccccc1. The number of carbonyl (C=O) groups is 1. The molecular weight excluding hydrogens is 300 g/mol. The van der Waals surface area contributed by atoms with Crippen molar-refractivity contribution >= 4 is 11.7 Å². The molecule has 0 amide bonds. The molecule has 0 aliphatic carbocycles. The van der Waals surface area contributed by atoms with Crippen molar-refractivity contribution in [3.05, 3.63) is 66.2 Å². The lowest BCUT2D eigenvalue weighted by Gasteiger charge is -2.09. The first-order valence-electron chi connectivity index (χ1n) is 7.91. The Bertz CT molecular complexity index is 852. The van der Waals surface area contributed by atoms with Crippen molar-refractivity contribution in [1.82, 2.24) is 4.57 Å². The molecule has 0 radical (unpaired) electrons. The third kappa shape index (κ3) is 2.67. The van der Waals surface area contributed by atoms with Crippen molar-refractivity contribution in [1.29, 1.82) is 0 Å². The van der Waals surface area contributed by atoms with Gasteiger partial charge in [0.1, 0.15) is 5.56 Å². The van der Waals surface area contributed by atoms with E-state index in [4.69, 9.17) is 10.5 Å². The maximum Gasteiger partial charge on any atom is 0.342 e. The van der Waals surface area contributed by atoms with Gasteiger partial charge in [-0.1, -0.05) is 60.7 Å². The predicted molar refractivity (Wildman–Crippen MR) is 96.7 cm³/mol. The normalized spacial score (nSPS) is 10.6. The summed E-state index contributed by atoms with van der Waals surface area (Å²) in [6.45, 7) is 2.10. The molecule has 0 spiro atoms. The molecule has 0 bridgehead atoms. The molecule has 0 aliphatic rings. The summed E-state index contributed by atoms with van der Waals surface area (Å²) in [6, 6.07) is 19.6. The number of benzene rings is 2. The molecule has 1 aromatic heterocycles. The first kappa shape index (κ1) is 15.9. The topological polar surface area (TPSA) is 57.2 Å². The fourth-order valence-corrected chi connectivity index (χ4v) is 3.00. The van der Waals surface area contributed by atoms with Crippen LogP contribution in [0.25, 0.3) is 22.5 Å². The molecule has 0 fully saturated rings. The molecule has 0 unspecified atom stereocenters. The van der Waals surface area contributed by atoms with Gasteiger partial charge in [0.15, 0.2) is 0 Å². The average molecular weight is 320 g/mol. The van der Waals surface area contributed by atoms with Gasteiger partial charge in [0.05, 0.1) is 23.7 Å². The smallest absolute Gasteiger partial charge is 0.342 e. The van der Waals surface area contributed by atoms with Gasteiger partial charge in [0, 0.05) is 12.6 Å². The molecule has 0 saturated heterocycles. The maximum atomic E-state index is 12.5. The van der Waals surface area contributed by atoms with Gasteiger partial charge in [-0.2, -0.15) is 0 Å². The fraction of sp³-hybridized carbons (Fsp3) is 0.150. The van der Waals surface area contributed by atoms with Crippen molar-refractivity contribution < 1.29 is 9.53 Å². The molecular formula is C20H20N2O2. The molecule has 4 nitrogen and oxygen atoms in total. The van der Waals surface area contributed by atoms with Crippen LogP contribution in [0.3, 0.4) is 0 Å². The number of hydrogen-bond acceptors (Lipinski definition) is 3. The highest BCUT2D eigenvalue weighted by Gasteiger charge is 2.26. The number of carbonyl (C=O) groups excluding carboxylic acids is 1. The number of rotatable bonds is 4. The van der Waals surface area contributed by atoms with Crippen LogP contribution < -0.4 is 5.73 Å². The highest BCUT2D eigenvalue weighted by molar-refractivity contribution is 6.06. The molecule has 0 atom stereocenters. The van der Waals surface area contributed by atoms with Crippen molar-refractivity contribution in [2.24, 2.45) is 7.05 Å². The summed E-state index contributed by atoms with van der Waals surface area (Å²) in [4.78, 5) is 12.5. The summed E-state index contributed by atoms with van der Waals surface area (Å²) in [5, 5.41) is 0. The van der Waals surface area contributed by atoms with E-state index < -0.39 is 5.97 Å². The summed E-state index contributed by atoms with van der Waals surface area (Å²) >= 11 is 0. The average Bonchev–Trinajstić information content (AvgIpc) is 2.87. The van der Waals surface area contributed by atoms with Gasteiger partial charge in [-0.25, -0.2) is 4.79 Å². The van der Waals surface area contributed by atoms with Gasteiger partial charge in [-0.3, -0.25) is 0 Å². The highest BCUT2D eigenvalue weighted by atomic mass is 16.5. The quantitative estimate of drug-likeness (QED) is 0.736. The molecule has 2 N–H and O–H groups in total. The van der Waals surface area contributed by atoms with Crippen molar-refractivity contribution in [2.75, 3.05) is 12.3 Å². The standard InChI is InChI=1S/C20H20N2O2/c1-3-24-20(23)16-17(21)19(15-12-8-5-9-13-15)22(2)18(16)14-10-6-4-7-11-14/h4-13H,3,21H2,1-2H3. The first-order chi connectivity index (χ1) is 11.6. The monoisotopic (exact) mass is 320 g/mol. The summed E-state index contributed by atoms with van der Waals surface area (Å²) in [5.41, 5.74) is 10.7. The predicted octanol–water partition coefficient (Wildman–Crippen LogP) is 4.12. The lowest BCUT2D eigenvalue weighted by atomic mass is 10.1. The van der Waals surface area contributed by atoms with E-state index in [1.807, 2.05) is 72.3 Å². The highest BCUT2D eigenvalue weighted by Crippen LogP contribution is 2.38. The van der Waals surface area contributed by atoms with E-state index in [2.05, 4.69) is 0 Å². The summed E-state index contributed by atoms with van der Waals surface area (Å²) in [6.07, 6.45) is 0. The van der Waals surface area contributed by atoms with Crippen LogP contribution in [-0.4, -0.2) is 17.1 Å². The van der Waals surface area contributed by atoms with Crippen LogP contribution in [0.4, 0.5) is 5.69 Å². The molecule has 3 rings (SSSR count). The Morgan fingerprint density at radius 1 is 0.958 bits per heavy atom. The van der Waals surface area contributed by atoms with Gasteiger partial charge in [-0.05, 0) is 12.5 Å². The van der Waals surface area contributed by atoms with Crippen LogP contribution in [-0.2, 0) is 11.8 Å². The number of nitrogens with two attached hydrogens (primary N) is 1. The number of ether oxygens (including phenoxy) is 1. The van der Waals surface area contributed by atoms with Crippen molar-refractivity contribution in [3.63, 3.8) is 0 Å². The van der Waals surface area contributed by atoms with Gasteiger partial charge in [0.2, 0.25) is 0 Å². The Kier molecular flexibility index (Phi) is 4.38. The Hall–Kier alpha value is -3.01. The zero-order valence-corrected chi connectivity index (χ0v) is 13.8. The van der Waals surface area contributed by atoms with Crippen LogP contribution in [0.15, 0.2) is 60.7 Å². The minimum Gasteiger partial charge on any atom is -0.462 e. The summed E-state index contributed by atoms with van der Waals surface area (Å²) in [5.74, 6) is -0.397. The molecule has 24 heavy (non-hydrogen) atoms. The number of esters is 1. The Morgan fingerprint density at radius 2 is 1.46 bits per heavy atom. The van der Waals surface area contributed by atoms with Crippen LogP contribution >= 0.6 is 0 Å². The first-order valence-corrected chi connectivity index (χ1v) is 7.91. The van der Waals surface area contributed by atoms with E-state index >= 15 is 0 Å². The van der Waals surface area contributed by atoms with Crippen LogP contribution in [0, 0.1) is 0 Å². The molecule has 2 aromatic carbocycles. The third-order valence-electron chi connectivity index (χ3n) is 4.01. The number of aromatic nitrogens is 1. The van der Waals surface area contributed by atoms with Crippen LogP contribution in [0.2, 0.25) is 0 Å². The van der Waals surface area contributed by atoms with Gasteiger partial charge in [-0.15, -0.1) is 0 Å². The van der Waals surface area contributed by atoms with E-state index in [0.717, 1.165) is 22.5 Å². The zero-order valence-electron chi connectivity index (χ0n) is 13.8. The maximum absolute atomic E-state index is 12.5. The van der Waals surface area contributed by atoms with E-state index in [0.29, 0.717) is 17.9 Å². The second-order valence-electron chi connectivity index (χ2n) is 5.50. The van der Waals surface area contributed by atoms with Gasteiger partial charge >= 0.3 is 5.97 Å². The second-order valence-corrected chi connectivity index (χ2v) is 5.50. The molecule has 4 heteroatoms. The molecule has 3 aromatic rings. The zero-order chi connectivity index (χ0) is 17.1. The van der Waals surface area contributed by atoms with Crippen molar-refractivity contribution in [2.45, 2.75) is 6.92 Å². The Balaban J connectivity index is 2.29. The summed E-state index contributed by atoms with van der Waals surface area (Å²) in [7, 11) is 1.92. The largest absolute Gasteiger partial charge is 0.462 e. The third-order valence-corrected chi connectivity index (χ3v) is 4.01. The lowest BCUT2D eigenvalue weighted by Crippen LogP contribution is -2.08. The molecule has 0 aliphatic heterocycles. The number of nitrogen functional groups attached to an aromatic ring is 1. The van der Waals surface area contributed by atoms with E-state index in [-0.39, 0.29) is 0 Å². The molecule has 122 valence electrons. The number of hydrogen-bond donors (Lipinski definition) is 1. The van der Waals surface area contributed by atoms with E-state index in [1.165, 1.54) is 0 Å². The Labute approximate surface area is 141 Å². The molecule has 0 saturated carbocycles. The number of anilines is 1. The van der Waals surface area contributed by atoms with Crippen molar-refractivity contribution in [3.8, 4) is 22.5 Å². The van der Waals surface area contributed by atoms with Gasteiger partial charge in [0.25, 0.3) is 0 Å². The van der Waals surface area contributed by atoms with Gasteiger partial charge < -0.3 is 15.0 Å². The second kappa shape index (κ2) is 6.62. The lowest BCUT2D eigenvalue weighted by molar-refractivity contribution is 0.0528. The number of nitrogens with zero attached hydrogens (tertiary/aromatic N) is 1. The minimum atomic E-state index is -0.397. The summed E-state index contributed by atoms with van der Waals surface area (Å²) < 4.78 is 7.21. The van der Waals surface area contributed by atoms with Crippen LogP contribution in [0.1, 0.15) is 17.3 Å². The van der Waals surface area contributed by atoms with Crippen LogP contribution in [0.5, 0.6) is 0 Å². The Morgan fingerprint density at radius 3 is 1.96 bits per heavy atom. The minimum absolute atomic E-state index is 0.308. The van der Waals surface area contributed by atoms with E-state index in [1.54, 1.807) is 6.92 Å². The van der Waals surface area contributed by atoms with E-state index in [9.17, 15) is 4.79 Å². The fourth-order valence-electron chi connectivity index (χ4n) is 3.00.